The minimum atomic E-state index is -0.845. The van der Waals surface area contributed by atoms with Crippen LogP contribution in [0, 0.1) is 0 Å². The van der Waals surface area contributed by atoms with E-state index in [1.54, 1.807) is 6.08 Å². The molecule has 0 aliphatic rings. The summed E-state index contributed by atoms with van der Waals surface area (Å²) in [4.78, 5) is 24.6. The van der Waals surface area contributed by atoms with E-state index in [1.807, 2.05) is 6.08 Å². The van der Waals surface area contributed by atoms with Crippen molar-refractivity contribution in [2.45, 2.75) is 366 Å². The van der Waals surface area contributed by atoms with Gasteiger partial charge in [0.05, 0.1) is 25.4 Å². The third kappa shape index (κ3) is 60.9. The Labute approximate surface area is 467 Å². The Morgan fingerprint density at radius 2 is 0.667 bits per heavy atom. The van der Waals surface area contributed by atoms with Gasteiger partial charge < -0.3 is 20.3 Å². The average Bonchev–Trinajstić information content (AvgIpc) is 3.41. The summed E-state index contributed by atoms with van der Waals surface area (Å²) in [6.07, 6.45) is 83.1. The second kappa shape index (κ2) is 64.3. The lowest BCUT2D eigenvalue weighted by Crippen LogP contribution is -2.45. The standard InChI is InChI=1S/C69H129NO5/c1-3-5-7-9-11-13-15-17-19-31-35-39-43-47-51-55-59-63-69(74)75-64-60-56-52-48-44-40-36-33-30-28-26-24-22-20-21-23-25-27-29-32-34-38-42-46-50-54-58-62-68(73)70-66(65-71)67(72)61-57-53-49-45-41-37-18-16-14-12-10-8-6-4-2/h11,13,17,19-21,57,61,66-67,71-72H,3-10,12,14-16,18,22-56,58-60,62-65H2,1-2H3,(H,70,73)/b13-11-,19-17-,21-20-,61-57+. The Balaban J connectivity index is 3.39. The van der Waals surface area contributed by atoms with Crippen LogP contribution in [0.2, 0.25) is 0 Å². The molecule has 3 N–H and O–H groups in total. The molecule has 0 aliphatic heterocycles. The number of carbonyl (C=O) groups excluding carboxylic acids is 2. The second-order valence-electron chi connectivity index (χ2n) is 22.8. The number of ether oxygens (including phenoxy) is 1. The molecule has 0 bridgehead atoms. The second-order valence-corrected chi connectivity index (χ2v) is 22.8. The molecular formula is C69H129NO5. The number of nitrogens with one attached hydrogen (secondary N) is 1. The zero-order valence-corrected chi connectivity index (χ0v) is 50.3. The molecule has 2 atom stereocenters. The van der Waals surface area contributed by atoms with E-state index in [0.717, 1.165) is 51.4 Å². The molecule has 0 rings (SSSR count). The van der Waals surface area contributed by atoms with Gasteiger partial charge in [-0.15, -0.1) is 0 Å². The highest BCUT2D eigenvalue weighted by molar-refractivity contribution is 5.76. The molecule has 0 aromatic heterocycles. The molecule has 0 radical (unpaired) electrons. The van der Waals surface area contributed by atoms with Crippen molar-refractivity contribution in [1.29, 1.82) is 0 Å². The van der Waals surface area contributed by atoms with E-state index >= 15 is 0 Å². The number of unbranched alkanes of at least 4 members (excludes halogenated alkanes) is 45. The molecular weight excluding hydrogens is 923 g/mol. The van der Waals surface area contributed by atoms with Crippen LogP contribution in [0.5, 0.6) is 0 Å². The number of hydrogen-bond acceptors (Lipinski definition) is 5. The number of carbonyl (C=O) groups is 2. The lowest BCUT2D eigenvalue weighted by atomic mass is 10.0. The van der Waals surface area contributed by atoms with Crippen LogP contribution >= 0.6 is 0 Å². The van der Waals surface area contributed by atoms with Gasteiger partial charge >= 0.3 is 5.97 Å². The number of allylic oxidation sites excluding steroid dienone is 7. The predicted molar refractivity (Wildman–Crippen MR) is 329 cm³/mol. The normalized spacial score (nSPS) is 12.9. The van der Waals surface area contributed by atoms with Gasteiger partial charge in [0.15, 0.2) is 0 Å². The summed E-state index contributed by atoms with van der Waals surface area (Å²) in [6.45, 7) is 4.89. The van der Waals surface area contributed by atoms with E-state index in [-0.39, 0.29) is 18.5 Å². The van der Waals surface area contributed by atoms with E-state index in [0.29, 0.717) is 19.4 Å². The fourth-order valence-corrected chi connectivity index (χ4v) is 10.2. The van der Waals surface area contributed by atoms with Crippen LogP contribution in [0.4, 0.5) is 0 Å². The van der Waals surface area contributed by atoms with Gasteiger partial charge in [-0.25, -0.2) is 0 Å². The van der Waals surface area contributed by atoms with E-state index < -0.39 is 12.1 Å². The summed E-state index contributed by atoms with van der Waals surface area (Å²) >= 11 is 0. The highest BCUT2D eigenvalue weighted by atomic mass is 16.5. The van der Waals surface area contributed by atoms with Gasteiger partial charge in [-0.1, -0.05) is 300 Å². The quantitative estimate of drug-likeness (QED) is 0.0320. The molecule has 440 valence electrons. The Morgan fingerprint density at radius 1 is 0.373 bits per heavy atom. The third-order valence-corrected chi connectivity index (χ3v) is 15.3. The minimum absolute atomic E-state index is 0.00685. The van der Waals surface area contributed by atoms with Crippen molar-refractivity contribution in [1.82, 2.24) is 5.32 Å². The van der Waals surface area contributed by atoms with Crippen LogP contribution in [-0.4, -0.2) is 47.4 Å². The van der Waals surface area contributed by atoms with Gasteiger partial charge in [-0.3, -0.25) is 9.59 Å². The first-order valence-electron chi connectivity index (χ1n) is 33.4. The van der Waals surface area contributed by atoms with Crippen molar-refractivity contribution in [3.05, 3.63) is 48.6 Å². The molecule has 0 aliphatic carbocycles. The molecule has 0 saturated heterocycles. The first kappa shape index (κ1) is 72.8. The number of aliphatic hydroxyl groups excluding tert-OH is 2. The molecule has 0 saturated carbocycles. The summed E-state index contributed by atoms with van der Waals surface area (Å²) < 4.78 is 5.49. The predicted octanol–water partition coefficient (Wildman–Crippen LogP) is 21.3. The average molecular weight is 1050 g/mol. The van der Waals surface area contributed by atoms with Crippen molar-refractivity contribution in [3.8, 4) is 0 Å². The minimum Gasteiger partial charge on any atom is -0.466 e. The van der Waals surface area contributed by atoms with Gasteiger partial charge in [0.25, 0.3) is 0 Å². The Hall–Kier alpha value is -2.18. The number of amides is 1. The Kier molecular flexibility index (Phi) is 62.5. The van der Waals surface area contributed by atoms with Crippen LogP contribution in [0.3, 0.4) is 0 Å². The number of hydrogen-bond donors (Lipinski definition) is 3. The van der Waals surface area contributed by atoms with Crippen molar-refractivity contribution >= 4 is 11.9 Å². The van der Waals surface area contributed by atoms with E-state index in [1.165, 1.54) is 276 Å². The van der Waals surface area contributed by atoms with Crippen LogP contribution in [0.15, 0.2) is 48.6 Å². The lowest BCUT2D eigenvalue weighted by Gasteiger charge is -2.20. The van der Waals surface area contributed by atoms with Crippen LogP contribution in [0.25, 0.3) is 0 Å². The largest absolute Gasteiger partial charge is 0.466 e. The molecule has 0 heterocycles. The van der Waals surface area contributed by atoms with E-state index in [2.05, 4.69) is 55.6 Å². The molecule has 75 heavy (non-hydrogen) atoms. The fourth-order valence-electron chi connectivity index (χ4n) is 10.2. The lowest BCUT2D eigenvalue weighted by molar-refractivity contribution is -0.143. The maximum atomic E-state index is 12.5. The fraction of sp³-hybridized carbons (Fsp3) is 0.855. The maximum Gasteiger partial charge on any atom is 0.305 e. The van der Waals surface area contributed by atoms with Gasteiger partial charge in [0.2, 0.25) is 5.91 Å². The van der Waals surface area contributed by atoms with Crippen molar-refractivity contribution < 1.29 is 24.5 Å². The monoisotopic (exact) mass is 1050 g/mol. The van der Waals surface area contributed by atoms with Crippen LogP contribution in [0.1, 0.15) is 354 Å². The summed E-state index contributed by atoms with van der Waals surface area (Å²) in [5, 5.41) is 23.1. The van der Waals surface area contributed by atoms with Gasteiger partial charge in [0.1, 0.15) is 0 Å². The van der Waals surface area contributed by atoms with Crippen molar-refractivity contribution in [2.24, 2.45) is 0 Å². The number of rotatable bonds is 62. The zero-order valence-electron chi connectivity index (χ0n) is 50.3. The third-order valence-electron chi connectivity index (χ3n) is 15.3. The number of aliphatic hydroxyl groups is 2. The van der Waals surface area contributed by atoms with Crippen molar-refractivity contribution in [3.63, 3.8) is 0 Å². The maximum absolute atomic E-state index is 12.5. The highest BCUT2D eigenvalue weighted by Gasteiger charge is 2.18. The topological polar surface area (TPSA) is 95.9 Å². The molecule has 1 amide bonds. The van der Waals surface area contributed by atoms with E-state index in [4.69, 9.17) is 4.74 Å². The van der Waals surface area contributed by atoms with Gasteiger partial charge in [-0.2, -0.15) is 0 Å². The van der Waals surface area contributed by atoms with Crippen LogP contribution < -0.4 is 5.32 Å². The first-order valence-corrected chi connectivity index (χ1v) is 33.4. The Bertz CT molecular complexity index is 1260. The molecule has 2 unspecified atom stereocenters. The first-order chi connectivity index (χ1) is 37.0. The molecule has 0 aromatic rings. The summed E-state index contributed by atoms with van der Waals surface area (Å²) in [5.74, 6) is -0.0612. The molecule has 6 nitrogen and oxygen atoms in total. The summed E-state index contributed by atoms with van der Waals surface area (Å²) in [6, 6.07) is -0.629. The molecule has 0 fully saturated rings. The summed E-state index contributed by atoms with van der Waals surface area (Å²) in [5.41, 5.74) is 0. The summed E-state index contributed by atoms with van der Waals surface area (Å²) in [7, 11) is 0. The Morgan fingerprint density at radius 3 is 1.05 bits per heavy atom. The molecule has 0 spiro atoms. The zero-order chi connectivity index (χ0) is 54.3. The van der Waals surface area contributed by atoms with Gasteiger partial charge in [-0.05, 0) is 89.9 Å². The molecule has 0 aromatic carbocycles. The smallest absolute Gasteiger partial charge is 0.305 e. The SMILES string of the molecule is CCCCC/C=C\C/C=C\CCCCCCCCCC(=O)OCCCCCCCCCCCCCC/C=C\CCCCCCCCCCCCCC(=O)NC(CO)C(O)/C=C/CCCCCCCCCCCCCC. The van der Waals surface area contributed by atoms with Crippen molar-refractivity contribution in [2.75, 3.05) is 13.2 Å². The highest BCUT2D eigenvalue weighted by Crippen LogP contribution is 2.17. The number of esters is 1. The van der Waals surface area contributed by atoms with Gasteiger partial charge in [0, 0.05) is 12.8 Å². The molecule has 6 heteroatoms. The van der Waals surface area contributed by atoms with E-state index in [9.17, 15) is 19.8 Å². The van der Waals surface area contributed by atoms with Crippen LogP contribution in [-0.2, 0) is 14.3 Å².